The fourth-order valence-corrected chi connectivity index (χ4v) is 3.00. The van der Waals surface area contributed by atoms with Crippen molar-refractivity contribution in [3.63, 3.8) is 0 Å². The van der Waals surface area contributed by atoms with Crippen LogP contribution >= 0.6 is 22.9 Å². The highest BCUT2D eigenvalue weighted by Crippen LogP contribution is 2.24. The zero-order valence-corrected chi connectivity index (χ0v) is 10.8. The van der Waals surface area contributed by atoms with Crippen molar-refractivity contribution in [3.8, 4) is 0 Å². The van der Waals surface area contributed by atoms with E-state index < -0.39 is 0 Å². The Bertz CT molecular complexity index is 625. The van der Waals surface area contributed by atoms with Gasteiger partial charge in [0.15, 0.2) is 0 Å². The van der Waals surface area contributed by atoms with E-state index in [1.165, 1.54) is 11.1 Å². The average molecular weight is 262 g/mol. The molecule has 3 rings (SSSR count). The predicted octanol–water partition coefficient (Wildman–Crippen LogP) is 4.60. The van der Waals surface area contributed by atoms with Crippen LogP contribution in [0.1, 0.15) is 5.56 Å². The van der Waals surface area contributed by atoms with Gasteiger partial charge in [-0.1, -0.05) is 17.7 Å². The third-order valence-corrected chi connectivity index (χ3v) is 4.04. The van der Waals surface area contributed by atoms with E-state index >= 15 is 0 Å². The van der Waals surface area contributed by atoms with E-state index in [0.29, 0.717) is 0 Å². The van der Waals surface area contributed by atoms with Crippen LogP contribution in [0, 0.1) is 0 Å². The average Bonchev–Trinajstić information content (AvgIpc) is 2.95. The predicted molar refractivity (Wildman–Crippen MR) is 75.0 cm³/mol. The van der Waals surface area contributed by atoms with Crippen molar-refractivity contribution in [1.82, 2.24) is 4.57 Å². The molecule has 0 saturated heterocycles. The minimum atomic E-state index is 0.830. The summed E-state index contributed by atoms with van der Waals surface area (Å²) in [7, 11) is 0. The largest absolute Gasteiger partial charge is 0.347 e. The van der Waals surface area contributed by atoms with Gasteiger partial charge in [0.2, 0.25) is 0 Å². The Morgan fingerprint density at radius 3 is 2.94 bits per heavy atom. The van der Waals surface area contributed by atoms with Crippen molar-refractivity contribution in [2.45, 2.75) is 13.0 Å². The van der Waals surface area contributed by atoms with Crippen molar-refractivity contribution >= 4 is 33.8 Å². The highest BCUT2D eigenvalue weighted by molar-refractivity contribution is 7.07. The molecule has 1 nitrogen and oxygen atoms in total. The highest BCUT2D eigenvalue weighted by atomic mass is 35.5. The van der Waals surface area contributed by atoms with Crippen molar-refractivity contribution in [2.75, 3.05) is 0 Å². The van der Waals surface area contributed by atoms with Crippen molar-refractivity contribution in [3.05, 3.63) is 57.9 Å². The van der Waals surface area contributed by atoms with Crippen molar-refractivity contribution in [2.24, 2.45) is 0 Å². The second kappa shape index (κ2) is 4.55. The van der Waals surface area contributed by atoms with Gasteiger partial charge in [-0.2, -0.15) is 11.3 Å². The minimum absolute atomic E-state index is 0.830. The quantitative estimate of drug-likeness (QED) is 0.649. The monoisotopic (exact) mass is 261 g/mol. The van der Waals surface area contributed by atoms with Crippen molar-refractivity contribution in [1.29, 1.82) is 0 Å². The van der Waals surface area contributed by atoms with Gasteiger partial charge in [0.05, 0.1) is 0 Å². The van der Waals surface area contributed by atoms with Crippen LogP contribution in [0.3, 0.4) is 0 Å². The maximum atomic E-state index is 6.16. The van der Waals surface area contributed by atoms with Gasteiger partial charge in [-0.3, -0.25) is 0 Å². The van der Waals surface area contributed by atoms with Gasteiger partial charge >= 0.3 is 0 Å². The fraction of sp³-hybridized carbons (Fsp3) is 0.143. The standard InChI is InChI=1S/C14H12ClNS/c15-13-2-1-3-14-12(13)5-8-16(14)7-4-11-6-9-17-10-11/h1-3,5-6,8-10H,4,7H2. The second-order valence-corrected chi connectivity index (χ2v) is 5.25. The van der Waals surface area contributed by atoms with Crippen LogP contribution in [0.25, 0.3) is 10.9 Å². The lowest BCUT2D eigenvalue weighted by atomic mass is 10.2. The molecule has 0 aliphatic heterocycles. The summed E-state index contributed by atoms with van der Waals surface area (Å²) in [5, 5.41) is 6.30. The summed E-state index contributed by atoms with van der Waals surface area (Å²) >= 11 is 7.91. The number of fused-ring (bicyclic) bond motifs is 1. The Labute approximate surface area is 109 Å². The molecule has 0 bridgehead atoms. The molecular weight excluding hydrogens is 250 g/mol. The first kappa shape index (κ1) is 10.9. The van der Waals surface area contributed by atoms with Gasteiger partial charge < -0.3 is 4.57 Å². The number of rotatable bonds is 3. The maximum absolute atomic E-state index is 6.16. The summed E-state index contributed by atoms with van der Waals surface area (Å²) in [6, 6.07) is 10.3. The molecule has 0 atom stereocenters. The first-order valence-electron chi connectivity index (χ1n) is 5.59. The SMILES string of the molecule is Clc1cccc2c1ccn2CCc1ccsc1. The molecule has 0 saturated carbocycles. The van der Waals surface area contributed by atoms with E-state index in [-0.39, 0.29) is 0 Å². The first-order chi connectivity index (χ1) is 8.34. The molecule has 0 radical (unpaired) electrons. The smallest absolute Gasteiger partial charge is 0.0499 e. The van der Waals surface area contributed by atoms with E-state index in [9.17, 15) is 0 Å². The lowest BCUT2D eigenvalue weighted by Crippen LogP contribution is -1.98. The molecule has 3 aromatic rings. The zero-order chi connectivity index (χ0) is 11.7. The van der Waals surface area contributed by atoms with Gasteiger partial charge in [-0.25, -0.2) is 0 Å². The number of aromatic nitrogens is 1. The van der Waals surface area contributed by atoms with Gasteiger partial charge in [-0.05, 0) is 47.0 Å². The summed E-state index contributed by atoms with van der Waals surface area (Å²) < 4.78 is 2.26. The summed E-state index contributed by atoms with van der Waals surface area (Å²) in [5.74, 6) is 0. The molecule has 0 spiro atoms. The molecule has 0 N–H and O–H groups in total. The van der Waals surface area contributed by atoms with Crippen LogP contribution in [-0.2, 0) is 13.0 Å². The molecule has 2 heterocycles. The van der Waals surface area contributed by atoms with Gasteiger partial charge in [-0.15, -0.1) is 0 Å². The van der Waals surface area contributed by atoms with Gasteiger partial charge in [0, 0.05) is 28.7 Å². The Balaban J connectivity index is 1.88. The number of aryl methyl sites for hydroxylation is 2. The second-order valence-electron chi connectivity index (χ2n) is 4.06. The van der Waals surface area contributed by atoms with E-state index in [4.69, 9.17) is 11.6 Å². The lowest BCUT2D eigenvalue weighted by molar-refractivity contribution is 0.724. The van der Waals surface area contributed by atoms with Gasteiger partial charge in [0.25, 0.3) is 0 Å². The third kappa shape index (κ3) is 2.11. The normalized spacial score (nSPS) is 11.1. The molecule has 0 unspecified atom stereocenters. The number of nitrogens with zero attached hydrogens (tertiary/aromatic N) is 1. The summed E-state index contributed by atoms with van der Waals surface area (Å²) in [5.41, 5.74) is 2.62. The summed E-state index contributed by atoms with van der Waals surface area (Å²) in [4.78, 5) is 0. The van der Waals surface area contributed by atoms with E-state index in [2.05, 4.69) is 39.7 Å². The fourth-order valence-electron chi connectivity index (χ4n) is 2.07. The molecule has 3 heteroatoms. The molecule has 0 fully saturated rings. The minimum Gasteiger partial charge on any atom is -0.347 e. The van der Waals surface area contributed by atoms with Crippen LogP contribution in [0.5, 0.6) is 0 Å². The lowest BCUT2D eigenvalue weighted by Gasteiger charge is -2.04. The van der Waals surface area contributed by atoms with Crippen LogP contribution in [-0.4, -0.2) is 4.57 Å². The molecule has 17 heavy (non-hydrogen) atoms. The number of benzene rings is 1. The maximum Gasteiger partial charge on any atom is 0.0499 e. The highest BCUT2D eigenvalue weighted by Gasteiger charge is 2.03. The number of hydrogen-bond donors (Lipinski definition) is 0. The van der Waals surface area contributed by atoms with Crippen LogP contribution in [0.2, 0.25) is 5.02 Å². The van der Waals surface area contributed by atoms with Crippen LogP contribution < -0.4 is 0 Å². The van der Waals surface area contributed by atoms with Crippen LogP contribution in [0.4, 0.5) is 0 Å². The topological polar surface area (TPSA) is 4.93 Å². The summed E-state index contributed by atoms with van der Waals surface area (Å²) in [6.07, 6.45) is 3.18. The number of hydrogen-bond acceptors (Lipinski definition) is 1. The Kier molecular flexibility index (Phi) is 2.91. The third-order valence-electron chi connectivity index (χ3n) is 2.98. The molecule has 0 aliphatic rings. The first-order valence-corrected chi connectivity index (χ1v) is 6.91. The summed E-state index contributed by atoms with van der Waals surface area (Å²) in [6.45, 7) is 1.00. The van der Waals surface area contributed by atoms with E-state index in [1.807, 2.05) is 12.1 Å². The Morgan fingerprint density at radius 2 is 2.12 bits per heavy atom. The molecule has 2 aromatic heterocycles. The van der Waals surface area contributed by atoms with Crippen LogP contribution in [0.15, 0.2) is 47.3 Å². The zero-order valence-electron chi connectivity index (χ0n) is 9.27. The van der Waals surface area contributed by atoms with E-state index in [1.54, 1.807) is 11.3 Å². The van der Waals surface area contributed by atoms with E-state index in [0.717, 1.165) is 23.4 Å². The number of thiophene rings is 1. The van der Waals surface area contributed by atoms with Gasteiger partial charge in [0.1, 0.15) is 0 Å². The Morgan fingerprint density at radius 1 is 1.18 bits per heavy atom. The molecule has 0 amide bonds. The number of halogens is 1. The molecular formula is C14H12ClNS. The Hall–Kier alpha value is -1.25. The molecule has 0 aliphatic carbocycles. The van der Waals surface area contributed by atoms with Crippen molar-refractivity contribution < 1.29 is 0 Å². The molecule has 86 valence electrons. The molecule has 1 aromatic carbocycles.